The van der Waals surface area contributed by atoms with E-state index in [0.29, 0.717) is 30.8 Å². The van der Waals surface area contributed by atoms with Crippen molar-refractivity contribution in [3.63, 3.8) is 0 Å². The molecule has 1 aliphatic rings. The Bertz CT molecular complexity index is 1780. The van der Waals surface area contributed by atoms with Crippen molar-refractivity contribution < 1.29 is 52.7 Å². The number of sulfone groups is 1. The van der Waals surface area contributed by atoms with Gasteiger partial charge in [-0.3, -0.25) is 4.90 Å². The zero-order valence-corrected chi connectivity index (χ0v) is 25.1. The van der Waals surface area contributed by atoms with Crippen molar-refractivity contribution in [2.45, 2.75) is 47.2 Å². The van der Waals surface area contributed by atoms with Gasteiger partial charge in [-0.25, -0.2) is 21.6 Å². The number of halogens is 9. The minimum absolute atomic E-state index is 0.0916. The Morgan fingerprint density at radius 3 is 1.85 bits per heavy atom. The van der Waals surface area contributed by atoms with E-state index in [4.69, 9.17) is 0 Å². The quantitative estimate of drug-likeness (QED) is 0.132. The number of rotatable bonds is 9. The highest BCUT2D eigenvalue weighted by Crippen LogP contribution is 2.54. The fraction of sp³-hybridized carbons (Fsp3) is 0.273. The van der Waals surface area contributed by atoms with Crippen LogP contribution in [0.15, 0.2) is 102 Å². The SMILES string of the molecule is O=S(=O)(c1ccc(F)cc1)C1(c2ccc(C(OCc3c(F)cccc3F)(C(F)(F)F)C(F)(F)F)cc2)CCN(Cc2ccccc2)C1. The molecule has 1 unspecified atom stereocenters. The standard InChI is InChI=1S/C33H26F9NO3S/c34-25-13-15-26(16-14-25)47(44,45)30(17-18-43(21-30)19-22-5-2-1-3-6-22)23-9-11-24(12-10-23)31(32(37,38)39,33(40,41)42)46-20-27-28(35)7-4-8-29(27)36/h1-16H,17-21H2. The average molecular weight is 688 g/mol. The predicted molar refractivity (Wildman–Crippen MR) is 153 cm³/mol. The number of hydrogen-bond acceptors (Lipinski definition) is 4. The maximum Gasteiger partial charge on any atom is 0.430 e. The first kappa shape index (κ1) is 34.5. The summed E-state index contributed by atoms with van der Waals surface area (Å²) in [6.07, 6.45) is -12.4. The minimum atomic E-state index is -6.17. The molecule has 0 radical (unpaired) electrons. The van der Waals surface area contributed by atoms with Crippen LogP contribution >= 0.6 is 0 Å². The predicted octanol–water partition coefficient (Wildman–Crippen LogP) is 8.22. The van der Waals surface area contributed by atoms with Gasteiger partial charge in [0.05, 0.1) is 11.5 Å². The van der Waals surface area contributed by atoms with Crippen LogP contribution in [0.5, 0.6) is 0 Å². The minimum Gasteiger partial charge on any atom is -0.349 e. The Labute approximate surface area is 264 Å². The fourth-order valence-electron chi connectivity index (χ4n) is 5.88. The second kappa shape index (κ2) is 12.6. The Morgan fingerprint density at radius 1 is 0.723 bits per heavy atom. The van der Waals surface area contributed by atoms with Crippen LogP contribution in [0.4, 0.5) is 39.5 Å². The van der Waals surface area contributed by atoms with Gasteiger partial charge in [0, 0.05) is 30.8 Å². The third-order valence-electron chi connectivity index (χ3n) is 8.31. The second-order valence-electron chi connectivity index (χ2n) is 11.1. The molecule has 1 atom stereocenters. The van der Waals surface area contributed by atoms with Gasteiger partial charge in [-0.2, -0.15) is 26.3 Å². The normalized spacial score (nSPS) is 18.1. The van der Waals surface area contributed by atoms with Gasteiger partial charge in [0.25, 0.3) is 5.60 Å². The monoisotopic (exact) mass is 687 g/mol. The highest BCUT2D eigenvalue weighted by molar-refractivity contribution is 7.92. The van der Waals surface area contributed by atoms with E-state index in [-0.39, 0.29) is 30.0 Å². The Kier molecular flexibility index (Phi) is 9.25. The molecule has 0 bridgehead atoms. The average Bonchev–Trinajstić information content (AvgIpc) is 3.44. The summed E-state index contributed by atoms with van der Waals surface area (Å²) >= 11 is 0. The summed E-state index contributed by atoms with van der Waals surface area (Å²) in [5.74, 6) is -3.54. The molecule has 1 fully saturated rings. The molecule has 0 saturated carbocycles. The van der Waals surface area contributed by atoms with Crippen LogP contribution in [-0.4, -0.2) is 38.8 Å². The van der Waals surface area contributed by atoms with E-state index in [1.807, 2.05) is 12.1 Å². The first-order valence-corrected chi connectivity index (χ1v) is 15.6. The molecule has 47 heavy (non-hydrogen) atoms. The van der Waals surface area contributed by atoms with Crippen molar-refractivity contribution in [1.29, 1.82) is 0 Å². The van der Waals surface area contributed by atoms with E-state index in [2.05, 4.69) is 4.74 Å². The number of benzene rings is 4. The van der Waals surface area contributed by atoms with E-state index in [0.717, 1.165) is 48.0 Å². The van der Waals surface area contributed by atoms with E-state index >= 15 is 0 Å². The molecule has 4 aromatic rings. The summed E-state index contributed by atoms with van der Waals surface area (Å²) < 4.78 is 160. The summed E-state index contributed by atoms with van der Waals surface area (Å²) in [6, 6.07) is 17.7. The lowest BCUT2D eigenvalue weighted by Crippen LogP contribution is -2.56. The molecule has 1 heterocycles. The molecule has 5 rings (SSSR count). The van der Waals surface area contributed by atoms with E-state index in [9.17, 15) is 47.9 Å². The lowest BCUT2D eigenvalue weighted by Gasteiger charge is -2.38. The zero-order valence-electron chi connectivity index (χ0n) is 24.3. The van der Waals surface area contributed by atoms with Crippen molar-refractivity contribution in [2.24, 2.45) is 0 Å². The van der Waals surface area contributed by atoms with Gasteiger partial charge in [-0.15, -0.1) is 0 Å². The number of ether oxygens (including phenoxy) is 1. The summed E-state index contributed by atoms with van der Waals surface area (Å²) in [5.41, 5.74) is -6.94. The Morgan fingerprint density at radius 2 is 1.30 bits per heavy atom. The lowest BCUT2D eigenvalue weighted by molar-refractivity contribution is -0.392. The zero-order chi connectivity index (χ0) is 34.3. The highest BCUT2D eigenvalue weighted by atomic mass is 32.2. The molecule has 250 valence electrons. The number of hydrogen-bond donors (Lipinski definition) is 0. The largest absolute Gasteiger partial charge is 0.430 e. The van der Waals surface area contributed by atoms with Crippen molar-refractivity contribution in [1.82, 2.24) is 4.90 Å². The molecule has 4 aromatic carbocycles. The number of likely N-dealkylation sites (tertiary alicyclic amines) is 1. The molecule has 0 aromatic heterocycles. The maximum absolute atomic E-state index is 14.5. The van der Waals surface area contributed by atoms with Gasteiger partial charge in [0.15, 0.2) is 9.84 Å². The summed E-state index contributed by atoms with van der Waals surface area (Å²) in [6.45, 7) is -1.42. The molecule has 4 nitrogen and oxygen atoms in total. The highest BCUT2D eigenvalue weighted by Gasteiger charge is 2.73. The maximum atomic E-state index is 14.5. The van der Waals surface area contributed by atoms with E-state index < -0.39 is 67.7 Å². The first-order valence-electron chi connectivity index (χ1n) is 14.1. The first-order chi connectivity index (χ1) is 22.0. The van der Waals surface area contributed by atoms with Gasteiger partial charge in [0.2, 0.25) is 0 Å². The third-order valence-corrected chi connectivity index (χ3v) is 10.8. The Hall–Kier alpha value is -3.88. The molecule has 0 N–H and O–H groups in total. The lowest BCUT2D eigenvalue weighted by atomic mass is 9.88. The van der Waals surface area contributed by atoms with Gasteiger partial charge >= 0.3 is 12.4 Å². The fourth-order valence-corrected chi connectivity index (χ4v) is 7.98. The van der Waals surface area contributed by atoms with Crippen LogP contribution in [0.25, 0.3) is 0 Å². The van der Waals surface area contributed by atoms with Gasteiger partial charge < -0.3 is 4.74 Å². The van der Waals surface area contributed by atoms with Crippen LogP contribution in [0.3, 0.4) is 0 Å². The van der Waals surface area contributed by atoms with Gasteiger partial charge in [0.1, 0.15) is 22.2 Å². The van der Waals surface area contributed by atoms with Crippen LogP contribution in [-0.2, 0) is 38.1 Å². The van der Waals surface area contributed by atoms with Crippen LogP contribution in [0.2, 0.25) is 0 Å². The molecule has 1 saturated heterocycles. The summed E-state index contributed by atoms with van der Waals surface area (Å²) in [5, 5.41) is 0. The summed E-state index contributed by atoms with van der Waals surface area (Å²) in [7, 11) is -4.42. The summed E-state index contributed by atoms with van der Waals surface area (Å²) in [4.78, 5) is 1.49. The van der Waals surface area contributed by atoms with Crippen LogP contribution in [0, 0.1) is 17.5 Å². The third kappa shape index (κ3) is 6.25. The second-order valence-corrected chi connectivity index (χ2v) is 13.4. The molecule has 14 heteroatoms. The topological polar surface area (TPSA) is 46.6 Å². The molecule has 0 aliphatic carbocycles. The molecule has 1 aliphatic heterocycles. The Balaban J connectivity index is 1.60. The van der Waals surface area contributed by atoms with Crippen molar-refractivity contribution in [3.05, 3.63) is 137 Å². The number of alkyl halides is 6. The van der Waals surface area contributed by atoms with Gasteiger partial charge in [-0.1, -0.05) is 60.7 Å². The molecular weight excluding hydrogens is 661 g/mol. The molecule has 0 spiro atoms. The van der Waals surface area contributed by atoms with Crippen molar-refractivity contribution >= 4 is 9.84 Å². The molecule has 0 amide bonds. The van der Waals surface area contributed by atoms with Gasteiger partial charge in [-0.05, 0) is 53.9 Å². The smallest absolute Gasteiger partial charge is 0.349 e. The van der Waals surface area contributed by atoms with E-state index in [1.54, 1.807) is 23.1 Å². The van der Waals surface area contributed by atoms with Crippen molar-refractivity contribution in [2.75, 3.05) is 13.1 Å². The van der Waals surface area contributed by atoms with Crippen LogP contribution < -0.4 is 0 Å². The van der Waals surface area contributed by atoms with Crippen LogP contribution in [0.1, 0.15) is 28.7 Å². The molecular formula is C33H26F9NO3S. The van der Waals surface area contributed by atoms with E-state index in [1.165, 1.54) is 0 Å². The number of nitrogens with zero attached hydrogens (tertiary/aromatic N) is 1. The van der Waals surface area contributed by atoms with Crippen molar-refractivity contribution in [3.8, 4) is 0 Å².